The van der Waals surface area contributed by atoms with Crippen LogP contribution in [0.15, 0.2) is 36.0 Å². The molecule has 0 spiro atoms. The van der Waals surface area contributed by atoms with Gasteiger partial charge < -0.3 is 25.5 Å². The van der Waals surface area contributed by atoms with Gasteiger partial charge in [0.25, 0.3) is 5.91 Å². The number of β-amino-alcohol motifs (C(OH)–C–C–N with tert-alkyl or cyclic N) is 1. The van der Waals surface area contributed by atoms with Gasteiger partial charge in [-0.15, -0.1) is 11.3 Å². The van der Waals surface area contributed by atoms with Crippen molar-refractivity contribution in [1.82, 2.24) is 19.9 Å². The van der Waals surface area contributed by atoms with E-state index in [0.29, 0.717) is 12.2 Å². The zero-order valence-electron chi connectivity index (χ0n) is 19.6. The third kappa shape index (κ3) is 4.83. The Morgan fingerprint density at radius 2 is 1.91 bits per heavy atom. The monoisotopic (exact) mass is 483 g/mol. The second-order valence-corrected chi connectivity index (χ2v) is 10.5. The van der Waals surface area contributed by atoms with E-state index in [1.165, 1.54) is 4.90 Å². The third-order valence-electron chi connectivity index (χ3n) is 5.92. The maximum Gasteiger partial charge on any atom is 0.405 e. The van der Waals surface area contributed by atoms with Crippen LogP contribution in [0.25, 0.3) is 21.7 Å². The number of aliphatic hydroxyl groups is 1. The van der Waals surface area contributed by atoms with Crippen molar-refractivity contribution in [1.29, 1.82) is 0 Å². The molecule has 0 bridgehead atoms. The predicted octanol–water partition coefficient (Wildman–Crippen LogP) is 3.65. The highest BCUT2D eigenvalue weighted by molar-refractivity contribution is 7.13. The molecule has 0 radical (unpaired) electrons. The third-order valence-corrected chi connectivity index (χ3v) is 6.90. The van der Waals surface area contributed by atoms with Gasteiger partial charge in [-0.25, -0.2) is 14.8 Å². The first-order chi connectivity index (χ1) is 16.0. The van der Waals surface area contributed by atoms with Crippen LogP contribution < -0.4 is 5.73 Å². The molecule has 34 heavy (non-hydrogen) atoms. The van der Waals surface area contributed by atoms with E-state index in [1.54, 1.807) is 38.3 Å². The number of nitrogens with two attached hydrogens (primary N) is 1. The van der Waals surface area contributed by atoms with Crippen LogP contribution >= 0.6 is 11.3 Å². The van der Waals surface area contributed by atoms with Crippen LogP contribution in [0.5, 0.6) is 0 Å². The molecule has 1 aromatic carbocycles. The zero-order chi connectivity index (χ0) is 24.6. The number of carbonyl (C=O) groups is 2. The minimum Gasteiger partial charge on any atom is -0.436 e. The first-order valence-corrected chi connectivity index (χ1v) is 11.9. The Balaban J connectivity index is 1.57. The van der Waals surface area contributed by atoms with Crippen molar-refractivity contribution in [3.63, 3.8) is 0 Å². The molecular weight excluding hydrogens is 454 g/mol. The molecule has 4 N–H and O–H groups in total. The molecule has 0 unspecified atom stereocenters. The first-order valence-electron chi connectivity index (χ1n) is 11.0. The number of H-pyrrole nitrogens is 1. The summed E-state index contributed by atoms with van der Waals surface area (Å²) in [7, 11) is 0. The van der Waals surface area contributed by atoms with Gasteiger partial charge in [-0.1, -0.05) is 45.0 Å². The first kappa shape index (κ1) is 23.9. The molecule has 3 atom stereocenters. The molecule has 180 valence electrons. The molecule has 1 saturated heterocycles. The number of rotatable bonds is 5. The van der Waals surface area contributed by atoms with E-state index < -0.39 is 35.7 Å². The standard InChI is InChI=1S/C24H29N5O4S/c1-13-19(34-12-27-13)15-7-5-14(6-8-15)17-10-26-21(28-17)18-9-16(30)11-29(18)22(31)20(24(2,3)4)33-23(25)32/h5-8,10,12,16,18,20,30H,9,11H2,1-4H3,(H2,25,32)(H,26,28)/t16-,18+,20-/m1/s1. The lowest BCUT2D eigenvalue weighted by molar-refractivity contribution is -0.147. The molecular formula is C24H29N5O4S. The number of carbonyl (C=O) groups excluding carboxylic acids is 2. The quantitative estimate of drug-likeness (QED) is 0.507. The molecule has 0 aliphatic carbocycles. The number of amides is 2. The average molecular weight is 484 g/mol. The Hall–Kier alpha value is -3.24. The van der Waals surface area contributed by atoms with Crippen molar-refractivity contribution in [2.24, 2.45) is 11.1 Å². The summed E-state index contributed by atoms with van der Waals surface area (Å²) in [5.74, 6) is 0.157. The van der Waals surface area contributed by atoms with E-state index >= 15 is 0 Å². The highest BCUT2D eigenvalue weighted by atomic mass is 32.1. The number of nitrogens with zero attached hydrogens (tertiary/aromatic N) is 3. The number of aromatic amines is 1. The van der Waals surface area contributed by atoms with E-state index in [4.69, 9.17) is 10.5 Å². The number of hydrogen-bond acceptors (Lipinski definition) is 7. The summed E-state index contributed by atoms with van der Waals surface area (Å²) < 4.78 is 5.16. The Bertz CT molecular complexity index is 1180. The second kappa shape index (κ2) is 9.19. The van der Waals surface area contributed by atoms with Crippen LogP contribution in [0.4, 0.5) is 4.79 Å². The number of benzene rings is 1. The van der Waals surface area contributed by atoms with Gasteiger partial charge in [-0.3, -0.25) is 4.79 Å². The molecule has 3 aromatic rings. The Kier molecular flexibility index (Phi) is 6.46. The van der Waals surface area contributed by atoms with Crippen molar-refractivity contribution in [3.05, 3.63) is 47.5 Å². The predicted molar refractivity (Wildman–Crippen MR) is 129 cm³/mol. The summed E-state index contributed by atoms with van der Waals surface area (Å²) in [6.07, 6.45) is -0.748. The van der Waals surface area contributed by atoms with Gasteiger partial charge in [0.1, 0.15) is 5.82 Å². The number of aliphatic hydroxyl groups excluding tert-OH is 1. The number of thiazole rings is 1. The van der Waals surface area contributed by atoms with Crippen LogP contribution in [-0.2, 0) is 9.53 Å². The topological polar surface area (TPSA) is 134 Å². The fourth-order valence-electron chi connectivity index (χ4n) is 4.21. The maximum atomic E-state index is 13.3. The van der Waals surface area contributed by atoms with Crippen molar-refractivity contribution < 1.29 is 19.4 Å². The summed E-state index contributed by atoms with van der Waals surface area (Å²) in [6, 6.07) is 7.63. The fraction of sp³-hybridized carbons (Fsp3) is 0.417. The van der Waals surface area contributed by atoms with Crippen molar-refractivity contribution in [2.45, 2.75) is 52.4 Å². The summed E-state index contributed by atoms with van der Waals surface area (Å²) in [4.78, 5) is 39.5. The Morgan fingerprint density at radius 3 is 2.50 bits per heavy atom. The van der Waals surface area contributed by atoms with Gasteiger partial charge in [-0.05, 0) is 18.1 Å². The van der Waals surface area contributed by atoms with Crippen molar-refractivity contribution >= 4 is 23.3 Å². The number of aromatic nitrogens is 3. The highest BCUT2D eigenvalue weighted by Gasteiger charge is 2.44. The number of nitrogens with one attached hydrogen (secondary N) is 1. The van der Waals surface area contributed by atoms with Gasteiger partial charge in [0.15, 0.2) is 6.10 Å². The molecule has 1 aliphatic heterocycles. The molecule has 2 aromatic heterocycles. The molecule has 1 fully saturated rings. The number of likely N-dealkylation sites (tertiary alicyclic amines) is 1. The minimum atomic E-state index is -1.07. The van der Waals surface area contributed by atoms with Crippen LogP contribution in [0.3, 0.4) is 0 Å². The molecule has 10 heteroatoms. The van der Waals surface area contributed by atoms with Crippen molar-refractivity contribution in [3.8, 4) is 21.7 Å². The lowest BCUT2D eigenvalue weighted by Gasteiger charge is -2.33. The molecule has 3 heterocycles. The SMILES string of the molecule is Cc1ncsc1-c1ccc(-c2cnc([C@@H]3C[C@@H](O)CN3C(=O)[C@@H](OC(N)=O)C(C)(C)C)[nH]2)cc1. The van der Waals surface area contributed by atoms with Gasteiger partial charge in [0.05, 0.1) is 40.1 Å². The lowest BCUT2D eigenvalue weighted by Crippen LogP contribution is -2.48. The largest absolute Gasteiger partial charge is 0.436 e. The number of primary amides is 1. The van der Waals surface area contributed by atoms with E-state index in [9.17, 15) is 14.7 Å². The van der Waals surface area contributed by atoms with E-state index in [2.05, 4.69) is 15.0 Å². The molecule has 2 amide bonds. The van der Waals surface area contributed by atoms with Gasteiger partial charge in [0, 0.05) is 18.4 Å². The van der Waals surface area contributed by atoms with Crippen LogP contribution in [0, 0.1) is 12.3 Å². The fourth-order valence-corrected chi connectivity index (χ4v) is 5.03. The van der Waals surface area contributed by atoms with E-state index in [-0.39, 0.29) is 6.54 Å². The highest BCUT2D eigenvalue weighted by Crippen LogP contribution is 2.35. The number of imidazole rings is 1. The number of ether oxygens (including phenoxy) is 1. The Morgan fingerprint density at radius 1 is 1.24 bits per heavy atom. The maximum absolute atomic E-state index is 13.3. The van der Waals surface area contributed by atoms with Crippen LogP contribution in [0.2, 0.25) is 0 Å². The smallest absolute Gasteiger partial charge is 0.405 e. The summed E-state index contributed by atoms with van der Waals surface area (Å²) in [5, 5.41) is 10.3. The van der Waals surface area contributed by atoms with E-state index in [0.717, 1.165) is 27.4 Å². The minimum absolute atomic E-state index is 0.122. The van der Waals surface area contributed by atoms with E-state index in [1.807, 2.05) is 36.7 Å². The number of aryl methyl sites for hydroxylation is 1. The summed E-state index contributed by atoms with van der Waals surface area (Å²) >= 11 is 1.60. The zero-order valence-corrected chi connectivity index (χ0v) is 20.4. The molecule has 9 nitrogen and oxygen atoms in total. The van der Waals surface area contributed by atoms with Gasteiger partial charge in [-0.2, -0.15) is 0 Å². The van der Waals surface area contributed by atoms with Gasteiger partial charge >= 0.3 is 6.09 Å². The lowest BCUT2D eigenvalue weighted by atomic mass is 9.88. The molecule has 0 saturated carbocycles. The van der Waals surface area contributed by atoms with Crippen LogP contribution in [-0.4, -0.2) is 55.7 Å². The van der Waals surface area contributed by atoms with Crippen LogP contribution in [0.1, 0.15) is 44.8 Å². The van der Waals surface area contributed by atoms with Gasteiger partial charge in [0.2, 0.25) is 0 Å². The average Bonchev–Trinajstić information content (AvgIpc) is 3.50. The molecule has 4 rings (SSSR count). The second-order valence-electron chi connectivity index (χ2n) is 9.61. The molecule has 1 aliphatic rings. The summed E-state index contributed by atoms with van der Waals surface area (Å²) in [6.45, 7) is 7.49. The van der Waals surface area contributed by atoms with Crippen molar-refractivity contribution in [2.75, 3.05) is 6.54 Å². The Labute approximate surface area is 202 Å². The normalized spacial score (nSPS) is 19.3. The summed E-state index contributed by atoms with van der Waals surface area (Å²) in [5.41, 5.74) is 10.2. The number of hydrogen-bond donors (Lipinski definition) is 3.